The summed E-state index contributed by atoms with van der Waals surface area (Å²) in [6.45, 7) is 3.39. The molecule has 0 aliphatic carbocycles. The maximum atomic E-state index is 12.9. The number of piperazine rings is 1. The lowest BCUT2D eigenvalue weighted by molar-refractivity contribution is 0.0664. The van der Waals surface area contributed by atoms with Crippen LogP contribution >= 0.6 is 11.3 Å². The van der Waals surface area contributed by atoms with Crippen LogP contribution in [0.3, 0.4) is 0 Å². The van der Waals surface area contributed by atoms with Gasteiger partial charge in [-0.2, -0.15) is 0 Å². The number of benzene rings is 2. The van der Waals surface area contributed by atoms with Crippen molar-refractivity contribution < 1.29 is 4.79 Å². The molecule has 3 heterocycles. The minimum Gasteiger partial charge on any atom is -0.336 e. The minimum atomic E-state index is 0.105. The maximum Gasteiger partial charge on any atom is 0.253 e. The number of likely N-dealkylation sites (N-methyl/N-ethyl adjacent to an activating group) is 1. The van der Waals surface area contributed by atoms with Crippen LogP contribution in [0.4, 0.5) is 0 Å². The maximum absolute atomic E-state index is 12.9. The molecule has 5 rings (SSSR count). The van der Waals surface area contributed by atoms with Gasteiger partial charge >= 0.3 is 0 Å². The van der Waals surface area contributed by atoms with Crippen LogP contribution in [0.1, 0.15) is 33.0 Å². The van der Waals surface area contributed by atoms with Crippen LogP contribution in [0.15, 0.2) is 60.2 Å². The fourth-order valence-electron chi connectivity index (χ4n) is 4.03. The van der Waals surface area contributed by atoms with Crippen molar-refractivity contribution >= 4 is 27.5 Å². The molecule has 7 heteroatoms. The number of amides is 1. The van der Waals surface area contributed by atoms with Crippen molar-refractivity contribution in [1.82, 2.24) is 24.8 Å². The lowest BCUT2D eigenvalue weighted by Gasteiger charge is -2.32. The van der Waals surface area contributed by atoms with Gasteiger partial charge in [0, 0.05) is 56.5 Å². The van der Waals surface area contributed by atoms with Gasteiger partial charge in [0.05, 0.1) is 15.7 Å². The summed E-state index contributed by atoms with van der Waals surface area (Å²) in [6, 6.07) is 16.2. The molecule has 2 aromatic carbocycles. The molecule has 0 radical (unpaired) electrons. The molecule has 32 heavy (non-hydrogen) atoms. The van der Waals surface area contributed by atoms with Crippen molar-refractivity contribution in [3.8, 4) is 0 Å². The zero-order valence-corrected chi connectivity index (χ0v) is 18.9. The molecule has 0 saturated carbocycles. The second-order valence-electron chi connectivity index (χ2n) is 8.27. The van der Waals surface area contributed by atoms with E-state index >= 15 is 0 Å². The van der Waals surface area contributed by atoms with E-state index in [1.807, 2.05) is 46.9 Å². The van der Waals surface area contributed by atoms with Gasteiger partial charge in [-0.25, -0.2) is 15.0 Å². The van der Waals surface area contributed by atoms with Crippen molar-refractivity contribution in [2.75, 3.05) is 33.2 Å². The summed E-state index contributed by atoms with van der Waals surface area (Å²) >= 11 is 1.65. The zero-order valence-electron chi connectivity index (χ0n) is 18.1. The van der Waals surface area contributed by atoms with E-state index < -0.39 is 0 Å². The predicted molar refractivity (Wildman–Crippen MR) is 127 cm³/mol. The van der Waals surface area contributed by atoms with E-state index in [9.17, 15) is 4.79 Å². The van der Waals surface area contributed by atoms with E-state index in [0.717, 1.165) is 60.8 Å². The topological polar surface area (TPSA) is 62.2 Å². The number of thiazole rings is 1. The Morgan fingerprint density at radius 3 is 2.69 bits per heavy atom. The Morgan fingerprint density at radius 2 is 1.81 bits per heavy atom. The molecule has 0 spiro atoms. The summed E-state index contributed by atoms with van der Waals surface area (Å²) in [5.74, 6) is 0.874. The number of nitrogens with zero attached hydrogens (tertiary/aromatic N) is 5. The third-order valence-electron chi connectivity index (χ3n) is 5.87. The second-order valence-corrected chi connectivity index (χ2v) is 9.15. The molecule has 1 amide bonds. The summed E-state index contributed by atoms with van der Waals surface area (Å²) in [6.07, 6.45) is 3.18. The van der Waals surface area contributed by atoms with E-state index in [4.69, 9.17) is 4.98 Å². The third-order valence-corrected chi connectivity index (χ3v) is 6.66. The van der Waals surface area contributed by atoms with Gasteiger partial charge in [0.15, 0.2) is 0 Å². The van der Waals surface area contributed by atoms with Crippen molar-refractivity contribution in [3.05, 3.63) is 88.4 Å². The monoisotopic (exact) mass is 443 g/mol. The fraction of sp³-hybridized carbons (Fsp3) is 0.280. The molecule has 6 nitrogen and oxygen atoms in total. The average molecular weight is 444 g/mol. The smallest absolute Gasteiger partial charge is 0.253 e. The lowest BCUT2D eigenvalue weighted by Crippen LogP contribution is -2.47. The van der Waals surface area contributed by atoms with Gasteiger partial charge in [-0.15, -0.1) is 11.3 Å². The van der Waals surface area contributed by atoms with Gasteiger partial charge in [0.1, 0.15) is 5.82 Å². The van der Waals surface area contributed by atoms with Crippen LogP contribution in [-0.4, -0.2) is 63.9 Å². The van der Waals surface area contributed by atoms with Gasteiger partial charge in [-0.1, -0.05) is 18.2 Å². The standard InChI is InChI=1S/C25H25N5OS/c1-29-9-11-30(12-10-29)25(31)20-4-2-3-18(13-20)16-24-26-8-7-21(28-24)14-19-5-6-22-23(15-19)32-17-27-22/h2-8,13,15,17H,9-12,14,16H2,1H3. The van der Waals surface area contributed by atoms with Gasteiger partial charge in [-0.3, -0.25) is 4.79 Å². The number of hydrogen-bond acceptors (Lipinski definition) is 6. The first-order valence-electron chi connectivity index (χ1n) is 10.8. The Balaban J connectivity index is 1.29. The molecule has 2 aromatic heterocycles. The normalized spacial score (nSPS) is 14.7. The summed E-state index contributed by atoms with van der Waals surface area (Å²) < 4.78 is 1.19. The molecule has 1 aliphatic rings. The van der Waals surface area contributed by atoms with Gasteiger partial charge < -0.3 is 9.80 Å². The van der Waals surface area contributed by atoms with Crippen LogP contribution in [0.2, 0.25) is 0 Å². The Bertz CT molecular complexity index is 1250. The molecule has 0 bridgehead atoms. The molecular formula is C25H25N5OS. The summed E-state index contributed by atoms with van der Waals surface area (Å²) in [7, 11) is 2.09. The molecule has 0 unspecified atom stereocenters. The van der Waals surface area contributed by atoms with Crippen molar-refractivity contribution in [1.29, 1.82) is 0 Å². The number of aromatic nitrogens is 3. The first-order chi connectivity index (χ1) is 15.6. The van der Waals surface area contributed by atoms with Crippen LogP contribution in [0, 0.1) is 0 Å². The quantitative estimate of drug-likeness (QED) is 0.471. The fourth-order valence-corrected chi connectivity index (χ4v) is 4.77. The molecule has 0 atom stereocenters. The SMILES string of the molecule is CN1CCN(C(=O)c2cccc(Cc3nccc(Cc4ccc5ncsc5c4)n3)c2)CC1. The number of hydrogen-bond donors (Lipinski definition) is 0. The number of fused-ring (bicyclic) bond motifs is 1. The van der Waals surface area contributed by atoms with E-state index in [-0.39, 0.29) is 5.91 Å². The minimum absolute atomic E-state index is 0.105. The summed E-state index contributed by atoms with van der Waals surface area (Å²) in [4.78, 5) is 30.7. The highest BCUT2D eigenvalue weighted by atomic mass is 32.1. The third kappa shape index (κ3) is 4.69. The van der Waals surface area contributed by atoms with Crippen molar-refractivity contribution in [2.45, 2.75) is 12.8 Å². The first-order valence-corrected chi connectivity index (χ1v) is 11.7. The Hall–Kier alpha value is -3.16. The molecule has 4 aromatic rings. The predicted octanol–water partition coefficient (Wildman–Crippen LogP) is 3.66. The molecule has 0 N–H and O–H groups in total. The molecule has 1 aliphatic heterocycles. The van der Waals surface area contributed by atoms with Gasteiger partial charge in [0.2, 0.25) is 0 Å². The van der Waals surface area contributed by atoms with Gasteiger partial charge in [0.25, 0.3) is 5.91 Å². The summed E-state index contributed by atoms with van der Waals surface area (Å²) in [5.41, 5.74) is 6.90. The van der Waals surface area contributed by atoms with E-state index in [1.165, 1.54) is 10.3 Å². The van der Waals surface area contributed by atoms with Crippen LogP contribution < -0.4 is 0 Å². The molecule has 162 valence electrons. The number of carbonyl (C=O) groups is 1. The first kappa shape index (κ1) is 20.7. The van der Waals surface area contributed by atoms with Crippen molar-refractivity contribution in [2.24, 2.45) is 0 Å². The molecule has 1 saturated heterocycles. The Kier molecular flexibility index (Phi) is 5.92. The average Bonchev–Trinajstić information content (AvgIpc) is 3.27. The largest absolute Gasteiger partial charge is 0.336 e. The number of carbonyl (C=O) groups excluding carboxylic acids is 1. The Morgan fingerprint density at radius 1 is 0.969 bits per heavy atom. The van der Waals surface area contributed by atoms with Crippen LogP contribution in [-0.2, 0) is 12.8 Å². The zero-order chi connectivity index (χ0) is 21.9. The van der Waals surface area contributed by atoms with Crippen LogP contribution in [0.25, 0.3) is 10.2 Å². The highest BCUT2D eigenvalue weighted by molar-refractivity contribution is 7.16. The van der Waals surface area contributed by atoms with Crippen molar-refractivity contribution in [3.63, 3.8) is 0 Å². The lowest BCUT2D eigenvalue weighted by atomic mass is 10.1. The van der Waals surface area contributed by atoms with Gasteiger partial charge in [-0.05, 0) is 48.5 Å². The summed E-state index contributed by atoms with van der Waals surface area (Å²) in [5, 5.41) is 0. The molecule has 1 fully saturated rings. The number of rotatable bonds is 5. The molecular weight excluding hydrogens is 418 g/mol. The second kappa shape index (κ2) is 9.14. The van der Waals surface area contributed by atoms with E-state index in [1.54, 1.807) is 11.3 Å². The van der Waals surface area contributed by atoms with Crippen LogP contribution in [0.5, 0.6) is 0 Å². The highest BCUT2D eigenvalue weighted by Crippen LogP contribution is 2.20. The van der Waals surface area contributed by atoms with E-state index in [2.05, 4.69) is 40.1 Å². The van der Waals surface area contributed by atoms with E-state index in [0.29, 0.717) is 6.42 Å². The highest BCUT2D eigenvalue weighted by Gasteiger charge is 2.20. The Labute approximate surface area is 191 Å².